The molecule has 0 amide bonds. The second-order valence-corrected chi connectivity index (χ2v) is 6.17. The molecule has 1 aromatic carbocycles. The van der Waals surface area contributed by atoms with Crippen LogP contribution in [0.5, 0.6) is 5.75 Å². The third-order valence-corrected chi connectivity index (χ3v) is 4.03. The van der Waals surface area contributed by atoms with E-state index in [4.69, 9.17) is 9.47 Å². The van der Waals surface area contributed by atoms with Crippen molar-refractivity contribution in [2.24, 2.45) is 4.99 Å². The van der Waals surface area contributed by atoms with Crippen molar-refractivity contribution in [3.8, 4) is 5.75 Å². The Labute approximate surface area is 173 Å². The van der Waals surface area contributed by atoms with Gasteiger partial charge in [-0.25, -0.2) is 0 Å². The lowest BCUT2D eigenvalue weighted by Gasteiger charge is -2.13. The highest BCUT2D eigenvalue weighted by atomic mass is 127. The molecule has 148 valence electrons. The van der Waals surface area contributed by atoms with Crippen molar-refractivity contribution in [2.75, 3.05) is 39.5 Å². The molecule has 3 N–H and O–H groups in total. The van der Waals surface area contributed by atoms with E-state index in [0.717, 1.165) is 71.1 Å². The van der Waals surface area contributed by atoms with Crippen molar-refractivity contribution in [3.05, 3.63) is 29.8 Å². The number of rotatable bonds is 10. The van der Waals surface area contributed by atoms with Gasteiger partial charge in [0.2, 0.25) is 0 Å². The van der Waals surface area contributed by atoms with E-state index in [2.05, 4.69) is 22.5 Å². The highest BCUT2D eigenvalue weighted by Crippen LogP contribution is 2.11. The maximum absolute atomic E-state index is 9.29. The lowest BCUT2D eigenvalue weighted by atomic mass is 10.1. The van der Waals surface area contributed by atoms with Crippen molar-refractivity contribution in [1.29, 1.82) is 0 Å². The van der Waals surface area contributed by atoms with Gasteiger partial charge in [-0.15, -0.1) is 24.0 Å². The summed E-state index contributed by atoms with van der Waals surface area (Å²) in [7, 11) is 0. The lowest BCUT2D eigenvalue weighted by molar-refractivity contribution is 0.0420. The summed E-state index contributed by atoms with van der Waals surface area (Å²) in [5.41, 5.74) is 1.22. The lowest BCUT2D eigenvalue weighted by Crippen LogP contribution is -2.38. The van der Waals surface area contributed by atoms with Crippen LogP contribution in [0.3, 0.4) is 0 Å². The number of nitrogens with one attached hydrogen (secondary N) is 2. The summed E-state index contributed by atoms with van der Waals surface area (Å²) in [4.78, 5) is 4.61. The molecule has 1 aliphatic rings. The zero-order valence-electron chi connectivity index (χ0n) is 15.6. The maximum Gasteiger partial charge on any atom is 0.191 e. The minimum absolute atomic E-state index is 0. The molecule has 1 unspecified atom stereocenters. The third kappa shape index (κ3) is 9.59. The van der Waals surface area contributed by atoms with Crippen LogP contribution in [0.15, 0.2) is 29.3 Å². The second kappa shape index (κ2) is 14.1. The minimum Gasteiger partial charge on any atom is -0.508 e. The van der Waals surface area contributed by atoms with Gasteiger partial charge >= 0.3 is 0 Å². The Balaban J connectivity index is 0.00000338. The summed E-state index contributed by atoms with van der Waals surface area (Å²) in [6, 6.07) is 7.36. The summed E-state index contributed by atoms with van der Waals surface area (Å²) >= 11 is 0. The monoisotopic (exact) mass is 477 g/mol. The van der Waals surface area contributed by atoms with Crippen LogP contribution in [0.4, 0.5) is 0 Å². The van der Waals surface area contributed by atoms with Gasteiger partial charge in [0.15, 0.2) is 5.96 Å². The van der Waals surface area contributed by atoms with Crippen molar-refractivity contribution in [1.82, 2.24) is 10.6 Å². The predicted molar refractivity (Wildman–Crippen MR) is 116 cm³/mol. The first-order chi connectivity index (χ1) is 12.3. The highest BCUT2D eigenvalue weighted by Gasteiger charge is 2.15. The number of phenols is 1. The third-order valence-electron chi connectivity index (χ3n) is 4.03. The summed E-state index contributed by atoms with van der Waals surface area (Å²) in [5, 5.41) is 15.9. The molecule has 0 bridgehead atoms. The molecule has 26 heavy (non-hydrogen) atoms. The van der Waals surface area contributed by atoms with Crippen molar-refractivity contribution in [3.63, 3.8) is 0 Å². The van der Waals surface area contributed by atoms with Crippen LogP contribution in [-0.2, 0) is 15.9 Å². The Kier molecular flexibility index (Phi) is 12.4. The maximum atomic E-state index is 9.29. The Morgan fingerprint density at radius 3 is 2.77 bits per heavy atom. The number of hydrogen-bond acceptors (Lipinski definition) is 4. The fraction of sp³-hybridized carbons (Fsp3) is 0.632. The molecule has 1 atom stereocenters. The van der Waals surface area contributed by atoms with E-state index in [1.54, 1.807) is 12.1 Å². The average molecular weight is 477 g/mol. The molecule has 0 radical (unpaired) electrons. The summed E-state index contributed by atoms with van der Waals surface area (Å²) < 4.78 is 11.1. The van der Waals surface area contributed by atoms with Crippen LogP contribution < -0.4 is 10.6 Å². The van der Waals surface area contributed by atoms with E-state index in [0.29, 0.717) is 5.75 Å². The first-order valence-electron chi connectivity index (χ1n) is 9.27. The number of aliphatic imine (C=N–C) groups is 1. The number of halogens is 1. The molecule has 1 aliphatic heterocycles. The van der Waals surface area contributed by atoms with E-state index in [1.165, 1.54) is 5.56 Å². The van der Waals surface area contributed by atoms with Gasteiger partial charge < -0.3 is 25.2 Å². The first-order valence-corrected chi connectivity index (χ1v) is 9.27. The summed E-state index contributed by atoms with van der Waals surface area (Å²) in [6.07, 6.45) is 4.18. The summed E-state index contributed by atoms with van der Waals surface area (Å²) in [5.74, 6) is 1.17. The molecule has 2 rings (SSSR count). The average Bonchev–Trinajstić information content (AvgIpc) is 3.13. The molecule has 1 heterocycles. The molecule has 1 saturated heterocycles. The van der Waals surface area contributed by atoms with E-state index >= 15 is 0 Å². The quantitative estimate of drug-likeness (QED) is 0.209. The molecule has 7 heteroatoms. The van der Waals surface area contributed by atoms with E-state index in [1.807, 2.05) is 12.1 Å². The van der Waals surface area contributed by atoms with Gasteiger partial charge in [0.25, 0.3) is 0 Å². The van der Waals surface area contributed by atoms with Gasteiger partial charge in [0, 0.05) is 32.8 Å². The van der Waals surface area contributed by atoms with Crippen molar-refractivity contribution in [2.45, 2.75) is 38.7 Å². The minimum atomic E-state index is 0. The molecular formula is C19H32IN3O3. The van der Waals surface area contributed by atoms with Crippen LogP contribution in [0.2, 0.25) is 0 Å². The standard InChI is InChI=1S/C19H31N3O3.HI/c1-2-20-19(22-12-4-13-25-18-10-14-24-15-18)21-11-3-5-16-6-8-17(23)9-7-16;/h6-9,18,23H,2-5,10-15H2,1H3,(H2,20,21,22);1H. The zero-order chi connectivity index (χ0) is 17.7. The molecule has 6 nitrogen and oxygen atoms in total. The molecule has 0 aromatic heterocycles. The Morgan fingerprint density at radius 2 is 2.08 bits per heavy atom. The van der Waals surface area contributed by atoms with Crippen LogP contribution >= 0.6 is 24.0 Å². The molecule has 1 aromatic rings. The van der Waals surface area contributed by atoms with Crippen LogP contribution in [0.1, 0.15) is 31.7 Å². The molecule has 0 aliphatic carbocycles. The normalized spacial score (nSPS) is 17.0. The summed E-state index contributed by atoms with van der Waals surface area (Å²) in [6.45, 7) is 6.84. The number of benzene rings is 1. The number of guanidine groups is 1. The topological polar surface area (TPSA) is 75.1 Å². The van der Waals surface area contributed by atoms with Gasteiger partial charge in [-0.2, -0.15) is 0 Å². The smallest absolute Gasteiger partial charge is 0.191 e. The fourth-order valence-electron chi connectivity index (χ4n) is 2.65. The van der Waals surface area contributed by atoms with Gasteiger partial charge in [-0.1, -0.05) is 12.1 Å². The molecule has 0 saturated carbocycles. The number of aryl methyl sites for hydroxylation is 1. The number of aromatic hydroxyl groups is 1. The van der Waals surface area contributed by atoms with Crippen molar-refractivity contribution >= 4 is 29.9 Å². The van der Waals surface area contributed by atoms with Gasteiger partial charge in [0.05, 0.1) is 12.7 Å². The van der Waals surface area contributed by atoms with E-state index < -0.39 is 0 Å². The van der Waals surface area contributed by atoms with Crippen LogP contribution in [-0.4, -0.2) is 56.6 Å². The Hall–Kier alpha value is -1.06. The number of phenolic OH excluding ortho intramolecular Hbond substituents is 1. The SMILES string of the molecule is CCNC(=NCCCc1ccc(O)cc1)NCCCOC1CCOC1.I. The molecule has 0 spiro atoms. The van der Waals surface area contributed by atoms with Gasteiger partial charge in [0.1, 0.15) is 5.75 Å². The van der Waals surface area contributed by atoms with Gasteiger partial charge in [-0.3, -0.25) is 4.99 Å². The first kappa shape index (κ1) is 23.0. The predicted octanol–water partition coefficient (Wildman–Crippen LogP) is 2.69. The Morgan fingerprint density at radius 1 is 1.27 bits per heavy atom. The van der Waals surface area contributed by atoms with Crippen LogP contribution in [0, 0.1) is 0 Å². The van der Waals surface area contributed by atoms with Crippen molar-refractivity contribution < 1.29 is 14.6 Å². The van der Waals surface area contributed by atoms with Gasteiger partial charge in [-0.05, 0) is 50.3 Å². The number of hydrogen-bond donors (Lipinski definition) is 3. The molecular weight excluding hydrogens is 445 g/mol. The zero-order valence-corrected chi connectivity index (χ0v) is 17.9. The largest absolute Gasteiger partial charge is 0.508 e. The molecule has 1 fully saturated rings. The van der Waals surface area contributed by atoms with E-state index in [-0.39, 0.29) is 30.1 Å². The fourth-order valence-corrected chi connectivity index (χ4v) is 2.65. The van der Waals surface area contributed by atoms with Crippen LogP contribution in [0.25, 0.3) is 0 Å². The second-order valence-electron chi connectivity index (χ2n) is 6.17. The number of ether oxygens (including phenoxy) is 2. The van der Waals surface area contributed by atoms with E-state index in [9.17, 15) is 5.11 Å². The number of nitrogens with zero attached hydrogens (tertiary/aromatic N) is 1. The Bertz CT molecular complexity index is 505. The highest BCUT2D eigenvalue weighted by molar-refractivity contribution is 14.0.